The van der Waals surface area contributed by atoms with Crippen LogP contribution in [-0.4, -0.2) is 22.1 Å². The minimum Gasteiger partial charge on any atom is -0.463 e. The first kappa shape index (κ1) is 14.3. The molecule has 0 amide bonds. The fourth-order valence-corrected chi connectivity index (χ4v) is 2.58. The number of aromatic nitrogens is 2. The van der Waals surface area contributed by atoms with Crippen LogP contribution in [0.1, 0.15) is 30.0 Å². The fourth-order valence-electron chi connectivity index (χ4n) is 2.58. The summed E-state index contributed by atoms with van der Waals surface area (Å²) in [6.45, 7) is 2.19. The zero-order valence-electron chi connectivity index (χ0n) is 12.5. The molecule has 0 atom stereocenters. The average molecular weight is 294 g/mol. The topological polar surface area (TPSA) is 44.1 Å². The van der Waals surface area contributed by atoms with Crippen LogP contribution >= 0.6 is 0 Å². The Labute approximate surface area is 129 Å². The van der Waals surface area contributed by atoms with Crippen molar-refractivity contribution in [2.24, 2.45) is 0 Å². The number of aryl methyl sites for hydroxylation is 1. The molecule has 0 radical (unpaired) electrons. The number of imidazole rings is 1. The van der Waals surface area contributed by atoms with Crippen LogP contribution in [0, 0.1) is 0 Å². The highest BCUT2D eigenvalue weighted by Crippen LogP contribution is 2.27. The molecule has 1 aromatic carbocycles. The van der Waals surface area contributed by atoms with Crippen molar-refractivity contribution in [3.05, 3.63) is 59.7 Å². The molecule has 0 N–H and O–H groups in total. The van der Waals surface area contributed by atoms with E-state index in [0.717, 1.165) is 18.4 Å². The molecule has 112 valence electrons. The Balaban J connectivity index is 1.84. The number of rotatable bonds is 4. The average Bonchev–Trinajstić information content (AvgIpc) is 3.07. The summed E-state index contributed by atoms with van der Waals surface area (Å²) in [5, 5.41) is 0. The lowest BCUT2D eigenvalue weighted by Gasteiger charge is -2.17. The molecule has 0 bridgehead atoms. The summed E-state index contributed by atoms with van der Waals surface area (Å²) in [6, 6.07) is 6.26. The lowest BCUT2D eigenvalue weighted by molar-refractivity contribution is -0.137. The van der Waals surface area contributed by atoms with Crippen molar-refractivity contribution in [2.75, 3.05) is 6.61 Å². The zero-order chi connectivity index (χ0) is 15.4. The van der Waals surface area contributed by atoms with Gasteiger partial charge in [-0.25, -0.2) is 9.78 Å². The van der Waals surface area contributed by atoms with E-state index >= 15 is 0 Å². The third-order valence-corrected chi connectivity index (χ3v) is 3.68. The second-order valence-corrected chi connectivity index (χ2v) is 5.15. The number of allylic oxidation sites excluding steroid dienone is 1. The number of fused-ring (bicyclic) bond motifs is 1. The molecular weight excluding hydrogens is 276 g/mol. The van der Waals surface area contributed by atoms with Crippen molar-refractivity contribution < 1.29 is 9.53 Å². The van der Waals surface area contributed by atoms with E-state index in [1.807, 2.05) is 23.2 Å². The molecule has 0 spiro atoms. The Bertz CT molecular complexity index is 728. The fraction of sp³-hybridized carbons (Fsp3) is 0.222. The maximum absolute atomic E-state index is 11.4. The summed E-state index contributed by atoms with van der Waals surface area (Å²) < 4.78 is 6.94. The van der Waals surface area contributed by atoms with Crippen molar-refractivity contribution in [3.8, 4) is 0 Å². The van der Waals surface area contributed by atoms with Crippen molar-refractivity contribution in [2.45, 2.75) is 19.8 Å². The summed E-state index contributed by atoms with van der Waals surface area (Å²) in [6.07, 6.45) is 13.0. The lowest BCUT2D eigenvalue weighted by Crippen LogP contribution is -2.03. The number of esters is 1. The summed E-state index contributed by atoms with van der Waals surface area (Å²) in [5.74, 6) is -0.310. The van der Waals surface area contributed by atoms with Crippen LogP contribution in [0.3, 0.4) is 0 Å². The molecule has 0 saturated carbocycles. The van der Waals surface area contributed by atoms with E-state index in [1.54, 1.807) is 19.2 Å². The highest BCUT2D eigenvalue weighted by molar-refractivity contribution is 5.87. The van der Waals surface area contributed by atoms with Crippen LogP contribution in [0.5, 0.6) is 0 Å². The van der Waals surface area contributed by atoms with Gasteiger partial charge in [0.2, 0.25) is 0 Å². The quantitative estimate of drug-likeness (QED) is 0.641. The largest absolute Gasteiger partial charge is 0.463 e. The van der Waals surface area contributed by atoms with E-state index in [4.69, 9.17) is 4.74 Å². The van der Waals surface area contributed by atoms with Crippen LogP contribution in [0.15, 0.2) is 43.0 Å². The Morgan fingerprint density at radius 2 is 2.32 bits per heavy atom. The maximum Gasteiger partial charge on any atom is 0.330 e. The maximum atomic E-state index is 11.4. The van der Waals surface area contributed by atoms with Gasteiger partial charge < -0.3 is 9.30 Å². The van der Waals surface area contributed by atoms with Crippen molar-refractivity contribution in [1.82, 2.24) is 9.55 Å². The Hall–Kier alpha value is -2.62. The van der Waals surface area contributed by atoms with Gasteiger partial charge in [0.25, 0.3) is 0 Å². The van der Waals surface area contributed by atoms with Crippen molar-refractivity contribution in [3.63, 3.8) is 0 Å². The van der Waals surface area contributed by atoms with E-state index in [1.165, 1.54) is 22.9 Å². The molecule has 4 heteroatoms. The molecule has 0 aliphatic heterocycles. The molecule has 0 unspecified atom stereocenters. The van der Waals surface area contributed by atoms with Gasteiger partial charge in [0, 0.05) is 24.2 Å². The van der Waals surface area contributed by atoms with E-state index in [9.17, 15) is 4.79 Å². The first-order valence-electron chi connectivity index (χ1n) is 7.43. The van der Waals surface area contributed by atoms with Crippen molar-refractivity contribution >= 4 is 23.8 Å². The summed E-state index contributed by atoms with van der Waals surface area (Å²) >= 11 is 0. The number of carbonyl (C=O) groups excluding carboxylic acids is 1. The highest BCUT2D eigenvalue weighted by atomic mass is 16.5. The van der Waals surface area contributed by atoms with Crippen molar-refractivity contribution in [1.29, 1.82) is 0 Å². The molecule has 1 heterocycles. The number of carbonyl (C=O) groups is 1. The Kier molecular flexibility index (Phi) is 4.19. The third kappa shape index (κ3) is 3.17. The van der Waals surface area contributed by atoms with Gasteiger partial charge in [-0.1, -0.05) is 12.1 Å². The first-order valence-corrected chi connectivity index (χ1v) is 7.43. The molecular formula is C18H18N2O2. The number of hydrogen-bond acceptors (Lipinski definition) is 3. The number of benzene rings is 1. The molecule has 22 heavy (non-hydrogen) atoms. The van der Waals surface area contributed by atoms with Crippen LogP contribution in [-0.2, 0) is 16.0 Å². The molecule has 2 aromatic rings. The first-order chi connectivity index (χ1) is 10.8. The molecule has 0 saturated heterocycles. The Morgan fingerprint density at radius 1 is 1.41 bits per heavy atom. The lowest BCUT2D eigenvalue weighted by atomic mass is 9.93. The van der Waals surface area contributed by atoms with Crippen LogP contribution in [0.25, 0.3) is 17.8 Å². The molecule has 4 nitrogen and oxygen atoms in total. The van der Waals surface area contributed by atoms with E-state index < -0.39 is 0 Å². The number of hydrogen-bond donors (Lipinski definition) is 0. The third-order valence-electron chi connectivity index (χ3n) is 3.68. The predicted octanol–water partition coefficient (Wildman–Crippen LogP) is 3.40. The highest BCUT2D eigenvalue weighted by Gasteiger charge is 2.11. The van der Waals surface area contributed by atoms with E-state index in [0.29, 0.717) is 6.61 Å². The van der Waals surface area contributed by atoms with E-state index in [-0.39, 0.29) is 5.97 Å². The van der Waals surface area contributed by atoms with Gasteiger partial charge >= 0.3 is 5.97 Å². The Morgan fingerprint density at radius 3 is 3.09 bits per heavy atom. The van der Waals surface area contributed by atoms with Crippen LogP contribution < -0.4 is 0 Å². The molecule has 1 aliphatic rings. The van der Waals surface area contributed by atoms with Crippen LogP contribution in [0.4, 0.5) is 0 Å². The number of nitrogens with zero attached hydrogens (tertiary/aromatic N) is 2. The second kappa shape index (κ2) is 6.43. The summed E-state index contributed by atoms with van der Waals surface area (Å²) in [4.78, 5) is 15.5. The van der Waals surface area contributed by atoms with E-state index in [2.05, 4.69) is 23.2 Å². The minimum atomic E-state index is -0.310. The van der Waals surface area contributed by atoms with Gasteiger partial charge in [-0.2, -0.15) is 0 Å². The SMILES string of the molecule is CCOC(=O)C=Cc1ccc2c(c1)C=C(n1ccnc1)CC2. The molecule has 3 rings (SSSR count). The summed E-state index contributed by atoms with van der Waals surface area (Å²) in [5.41, 5.74) is 4.75. The van der Waals surface area contributed by atoms with Gasteiger partial charge in [-0.3, -0.25) is 0 Å². The zero-order valence-corrected chi connectivity index (χ0v) is 12.5. The molecule has 1 aromatic heterocycles. The van der Waals surface area contributed by atoms with Gasteiger partial charge in [0.05, 0.1) is 12.9 Å². The smallest absolute Gasteiger partial charge is 0.330 e. The van der Waals surface area contributed by atoms with Gasteiger partial charge in [0.15, 0.2) is 0 Å². The van der Waals surface area contributed by atoms with Gasteiger partial charge in [-0.15, -0.1) is 0 Å². The molecule has 1 aliphatic carbocycles. The summed E-state index contributed by atoms with van der Waals surface area (Å²) in [7, 11) is 0. The molecule has 0 fully saturated rings. The standard InChI is InChI=1S/C18H18N2O2/c1-2-22-18(21)8-4-14-3-5-15-6-7-17(12-16(15)11-14)20-10-9-19-13-20/h3-5,8-13H,2,6-7H2,1H3. The van der Waals surface area contributed by atoms with Gasteiger partial charge in [0.1, 0.15) is 0 Å². The number of ether oxygens (including phenoxy) is 1. The van der Waals surface area contributed by atoms with Crippen LogP contribution in [0.2, 0.25) is 0 Å². The minimum absolute atomic E-state index is 0.310. The predicted molar refractivity (Wildman–Crippen MR) is 86.8 cm³/mol. The van der Waals surface area contributed by atoms with Gasteiger partial charge in [-0.05, 0) is 54.7 Å². The monoisotopic (exact) mass is 294 g/mol. The second-order valence-electron chi connectivity index (χ2n) is 5.15. The normalized spacial score (nSPS) is 13.8.